The summed E-state index contributed by atoms with van der Waals surface area (Å²) in [6, 6.07) is 17.4. The zero-order valence-electron chi connectivity index (χ0n) is 20.8. The van der Waals surface area contributed by atoms with Crippen LogP contribution in [0.25, 0.3) is 0 Å². The van der Waals surface area contributed by atoms with Crippen LogP contribution < -0.4 is 9.47 Å². The first-order valence-electron chi connectivity index (χ1n) is 12.6. The van der Waals surface area contributed by atoms with Gasteiger partial charge in [0.25, 0.3) is 11.8 Å². The Morgan fingerprint density at radius 2 is 1.80 bits per heavy atom. The van der Waals surface area contributed by atoms with E-state index in [1.807, 2.05) is 67.3 Å². The summed E-state index contributed by atoms with van der Waals surface area (Å²) in [5.74, 6) is 1.34. The molecule has 2 amide bonds. The Hall–Kier alpha value is -3.06. The molecule has 0 aliphatic carbocycles. The standard InChI is InChI=1S/C28H36N2O5/c1-22(2)30-17-18-33-25-14-7-6-10-23(25)11-8-9-15-28(27(30)32)21-29(16-19-35-28)26(31)20-34-24-12-4-3-5-13-24/h3-7,10,12-14,22H,8-9,11,15-21H2,1-2H3. The zero-order valence-corrected chi connectivity index (χ0v) is 20.8. The fourth-order valence-corrected chi connectivity index (χ4v) is 4.82. The van der Waals surface area contributed by atoms with Crippen LogP contribution in [0.4, 0.5) is 0 Å². The van der Waals surface area contributed by atoms with Crippen molar-refractivity contribution in [2.45, 2.75) is 51.2 Å². The normalized spacial score (nSPS) is 21.6. The van der Waals surface area contributed by atoms with Gasteiger partial charge in [-0.05, 0) is 63.3 Å². The average Bonchev–Trinajstić information content (AvgIpc) is 2.88. The van der Waals surface area contributed by atoms with Crippen molar-refractivity contribution in [3.05, 3.63) is 60.2 Å². The van der Waals surface area contributed by atoms with Crippen LogP contribution in [0.15, 0.2) is 54.6 Å². The van der Waals surface area contributed by atoms with Gasteiger partial charge in [0, 0.05) is 12.6 Å². The molecule has 2 aliphatic heterocycles. The number of fused-ring (bicyclic) bond motifs is 1. The van der Waals surface area contributed by atoms with Crippen LogP contribution >= 0.6 is 0 Å². The van der Waals surface area contributed by atoms with E-state index < -0.39 is 5.60 Å². The monoisotopic (exact) mass is 480 g/mol. The number of ether oxygens (including phenoxy) is 3. The van der Waals surface area contributed by atoms with Gasteiger partial charge >= 0.3 is 0 Å². The number of hydrogen-bond donors (Lipinski definition) is 0. The molecule has 0 aromatic heterocycles. The maximum Gasteiger partial charge on any atom is 0.260 e. The highest BCUT2D eigenvalue weighted by molar-refractivity contribution is 5.87. The molecular weight excluding hydrogens is 444 g/mol. The summed E-state index contributed by atoms with van der Waals surface area (Å²) in [4.78, 5) is 30.5. The number of rotatable bonds is 4. The predicted octanol–water partition coefficient (Wildman–Crippen LogP) is 3.71. The number of nitrogens with zero attached hydrogens (tertiary/aromatic N) is 2. The molecule has 0 saturated carbocycles. The summed E-state index contributed by atoms with van der Waals surface area (Å²) in [6.07, 6.45) is 3.17. The number of amides is 2. The minimum atomic E-state index is -1.05. The molecule has 1 fully saturated rings. The van der Waals surface area contributed by atoms with Crippen molar-refractivity contribution < 1.29 is 23.8 Å². The molecule has 188 valence electrons. The number of benzene rings is 2. The molecule has 0 radical (unpaired) electrons. The van der Waals surface area contributed by atoms with Crippen LogP contribution in [0.3, 0.4) is 0 Å². The summed E-state index contributed by atoms with van der Waals surface area (Å²) in [5.41, 5.74) is 0.132. The molecule has 0 bridgehead atoms. The second kappa shape index (κ2) is 11.6. The highest BCUT2D eigenvalue weighted by Crippen LogP contribution is 2.30. The summed E-state index contributed by atoms with van der Waals surface area (Å²) in [6.45, 7) is 5.83. The van der Waals surface area contributed by atoms with Gasteiger partial charge in [-0.25, -0.2) is 0 Å². The van der Waals surface area contributed by atoms with Crippen LogP contribution in [-0.2, 0) is 20.7 Å². The van der Waals surface area contributed by atoms with Crippen molar-refractivity contribution >= 4 is 11.8 Å². The summed E-state index contributed by atoms with van der Waals surface area (Å²) < 4.78 is 18.0. The Labute approximate surface area is 207 Å². The maximum absolute atomic E-state index is 13.9. The predicted molar refractivity (Wildman–Crippen MR) is 134 cm³/mol. The van der Waals surface area contributed by atoms with E-state index >= 15 is 0 Å². The summed E-state index contributed by atoms with van der Waals surface area (Å²) in [7, 11) is 0. The third-order valence-corrected chi connectivity index (χ3v) is 6.76. The second-order valence-electron chi connectivity index (χ2n) is 9.52. The van der Waals surface area contributed by atoms with Crippen molar-refractivity contribution in [3.63, 3.8) is 0 Å². The zero-order chi connectivity index (χ0) is 24.7. The van der Waals surface area contributed by atoms with Gasteiger partial charge in [-0.1, -0.05) is 36.4 Å². The molecule has 2 heterocycles. The van der Waals surface area contributed by atoms with Gasteiger partial charge in [-0.2, -0.15) is 0 Å². The van der Waals surface area contributed by atoms with Gasteiger partial charge in [0.2, 0.25) is 0 Å². The van der Waals surface area contributed by atoms with E-state index in [-0.39, 0.29) is 31.0 Å². The third kappa shape index (κ3) is 6.14. The lowest BCUT2D eigenvalue weighted by Crippen LogP contribution is -2.63. The Bertz CT molecular complexity index is 996. The smallest absolute Gasteiger partial charge is 0.260 e. The molecule has 2 aromatic rings. The SMILES string of the molecule is CC(C)N1CCOc2ccccc2CCCCC2(CN(C(=O)COc3ccccc3)CCO2)C1=O. The summed E-state index contributed by atoms with van der Waals surface area (Å²) >= 11 is 0. The molecule has 35 heavy (non-hydrogen) atoms. The maximum atomic E-state index is 13.9. The third-order valence-electron chi connectivity index (χ3n) is 6.76. The fourth-order valence-electron chi connectivity index (χ4n) is 4.82. The lowest BCUT2D eigenvalue weighted by molar-refractivity contribution is -0.178. The molecule has 1 atom stereocenters. The molecule has 2 aliphatic rings. The fraction of sp³-hybridized carbons (Fsp3) is 0.500. The number of carbonyl (C=O) groups excluding carboxylic acids is 2. The van der Waals surface area contributed by atoms with Crippen LogP contribution in [0.2, 0.25) is 0 Å². The van der Waals surface area contributed by atoms with Crippen LogP contribution in [0.5, 0.6) is 11.5 Å². The van der Waals surface area contributed by atoms with E-state index in [0.29, 0.717) is 38.5 Å². The van der Waals surface area contributed by atoms with Gasteiger partial charge in [-0.15, -0.1) is 0 Å². The summed E-state index contributed by atoms with van der Waals surface area (Å²) in [5, 5.41) is 0. The lowest BCUT2D eigenvalue weighted by Gasteiger charge is -2.45. The van der Waals surface area contributed by atoms with Gasteiger partial charge < -0.3 is 24.0 Å². The van der Waals surface area contributed by atoms with Crippen molar-refractivity contribution in [3.8, 4) is 11.5 Å². The molecule has 1 saturated heterocycles. The van der Waals surface area contributed by atoms with Crippen molar-refractivity contribution in [1.82, 2.24) is 9.80 Å². The highest BCUT2D eigenvalue weighted by atomic mass is 16.5. The quantitative estimate of drug-likeness (QED) is 0.668. The molecule has 1 spiro atoms. The average molecular weight is 481 g/mol. The second-order valence-corrected chi connectivity index (χ2v) is 9.52. The van der Waals surface area contributed by atoms with Crippen LogP contribution in [0.1, 0.15) is 38.7 Å². The van der Waals surface area contributed by atoms with E-state index in [9.17, 15) is 9.59 Å². The first-order chi connectivity index (χ1) is 17.0. The van der Waals surface area contributed by atoms with E-state index in [1.165, 1.54) is 5.56 Å². The molecule has 1 unspecified atom stereocenters. The minimum Gasteiger partial charge on any atom is -0.491 e. The van der Waals surface area contributed by atoms with E-state index in [0.717, 1.165) is 25.0 Å². The first-order valence-corrected chi connectivity index (χ1v) is 12.6. The molecule has 4 rings (SSSR count). The van der Waals surface area contributed by atoms with Gasteiger partial charge in [0.1, 0.15) is 18.1 Å². The lowest BCUT2D eigenvalue weighted by atomic mass is 9.90. The van der Waals surface area contributed by atoms with Crippen molar-refractivity contribution in [2.75, 3.05) is 39.5 Å². The molecule has 7 nitrogen and oxygen atoms in total. The Morgan fingerprint density at radius 1 is 1.03 bits per heavy atom. The topological polar surface area (TPSA) is 68.3 Å². The van der Waals surface area contributed by atoms with Crippen LogP contribution in [-0.4, -0.2) is 72.7 Å². The van der Waals surface area contributed by atoms with E-state index in [4.69, 9.17) is 14.2 Å². The first kappa shape index (κ1) is 25.0. The Balaban J connectivity index is 1.50. The van der Waals surface area contributed by atoms with Crippen molar-refractivity contribution in [1.29, 1.82) is 0 Å². The molecule has 7 heteroatoms. The molecule has 2 aromatic carbocycles. The highest BCUT2D eigenvalue weighted by Gasteiger charge is 2.47. The van der Waals surface area contributed by atoms with Crippen LogP contribution in [0, 0.1) is 0 Å². The Kier molecular flexibility index (Phi) is 8.29. The number of para-hydroxylation sites is 2. The van der Waals surface area contributed by atoms with Crippen molar-refractivity contribution in [2.24, 2.45) is 0 Å². The number of carbonyl (C=O) groups is 2. The molecule has 0 N–H and O–H groups in total. The Morgan fingerprint density at radius 3 is 2.60 bits per heavy atom. The largest absolute Gasteiger partial charge is 0.491 e. The van der Waals surface area contributed by atoms with Gasteiger partial charge in [0.15, 0.2) is 12.2 Å². The number of aryl methyl sites for hydroxylation is 1. The van der Waals surface area contributed by atoms with Gasteiger partial charge in [-0.3, -0.25) is 9.59 Å². The number of morpholine rings is 1. The number of hydrogen-bond acceptors (Lipinski definition) is 5. The minimum absolute atomic E-state index is 0.0164. The van der Waals surface area contributed by atoms with Gasteiger partial charge in [0.05, 0.1) is 19.7 Å². The molecular formula is C28H36N2O5. The van der Waals surface area contributed by atoms with E-state index in [1.54, 1.807) is 4.90 Å². The van der Waals surface area contributed by atoms with E-state index in [2.05, 4.69) is 6.07 Å².